The molecular weight excluding hydrogens is 426 g/mol. The Labute approximate surface area is 190 Å². The molecule has 1 amide bonds. The van der Waals surface area contributed by atoms with Crippen molar-refractivity contribution < 1.29 is 9.53 Å². The number of ether oxygens (including phenoxy) is 1. The fraction of sp³-hybridized carbons (Fsp3) is 0.0833. The van der Waals surface area contributed by atoms with Crippen molar-refractivity contribution in [1.82, 2.24) is 15.0 Å². The number of aryl methyl sites for hydroxylation is 1. The summed E-state index contributed by atoms with van der Waals surface area (Å²) in [6, 6.07) is 18.2. The minimum Gasteiger partial charge on any atom is -0.482 e. The zero-order valence-electron chi connectivity index (χ0n) is 17.2. The first kappa shape index (κ1) is 21.3. The fourth-order valence-corrected chi connectivity index (χ4v) is 3.14. The van der Waals surface area contributed by atoms with Gasteiger partial charge in [-0.05, 0) is 55.0 Å². The molecule has 0 spiro atoms. The van der Waals surface area contributed by atoms with Crippen LogP contribution < -0.4 is 15.4 Å². The van der Waals surface area contributed by atoms with E-state index in [1.54, 1.807) is 42.9 Å². The van der Waals surface area contributed by atoms with Crippen LogP contribution in [0.5, 0.6) is 5.75 Å². The summed E-state index contributed by atoms with van der Waals surface area (Å²) in [5.74, 6) is 0.607. The topological polar surface area (TPSA) is 89.0 Å². The molecule has 0 atom stereocenters. The van der Waals surface area contributed by atoms with Crippen molar-refractivity contribution in [3.63, 3.8) is 0 Å². The van der Waals surface area contributed by atoms with E-state index in [2.05, 4.69) is 25.6 Å². The van der Waals surface area contributed by atoms with Gasteiger partial charge in [0.05, 0.1) is 10.7 Å². The second kappa shape index (κ2) is 9.89. The molecule has 0 aliphatic rings. The standard InChI is InChI=1S/C24H20ClN5O2/c1-16-8-9-18(28-23(31)15-32-22-7-3-2-6-19(22)25)13-21(16)30-24-27-12-10-20(29-24)17-5-4-11-26-14-17/h2-14H,15H2,1H3,(H,28,31)(H,27,29,30). The number of halogens is 1. The van der Waals surface area contributed by atoms with Gasteiger partial charge in [0.25, 0.3) is 5.91 Å². The molecule has 0 aliphatic heterocycles. The van der Waals surface area contributed by atoms with Crippen LogP contribution in [0.4, 0.5) is 17.3 Å². The van der Waals surface area contributed by atoms with Crippen LogP contribution in [0.25, 0.3) is 11.3 Å². The van der Waals surface area contributed by atoms with Crippen LogP contribution in [0, 0.1) is 6.92 Å². The molecule has 0 saturated heterocycles. The van der Waals surface area contributed by atoms with E-state index >= 15 is 0 Å². The molecule has 4 rings (SSSR count). The van der Waals surface area contributed by atoms with Crippen molar-refractivity contribution in [3.8, 4) is 17.0 Å². The Morgan fingerprint density at radius 1 is 1.06 bits per heavy atom. The van der Waals surface area contributed by atoms with E-state index in [0.29, 0.717) is 22.4 Å². The van der Waals surface area contributed by atoms with Gasteiger partial charge in [0, 0.05) is 35.5 Å². The summed E-state index contributed by atoms with van der Waals surface area (Å²) in [5, 5.41) is 6.50. The lowest BCUT2D eigenvalue weighted by Crippen LogP contribution is -2.20. The highest BCUT2D eigenvalue weighted by Crippen LogP contribution is 2.25. The summed E-state index contributed by atoms with van der Waals surface area (Å²) >= 11 is 6.05. The average Bonchev–Trinajstić information content (AvgIpc) is 2.81. The monoisotopic (exact) mass is 445 g/mol. The summed E-state index contributed by atoms with van der Waals surface area (Å²) < 4.78 is 5.49. The number of rotatable bonds is 7. The first-order valence-corrected chi connectivity index (χ1v) is 10.2. The second-order valence-electron chi connectivity index (χ2n) is 6.93. The largest absolute Gasteiger partial charge is 0.482 e. The Bertz CT molecular complexity index is 1230. The van der Waals surface area contributed by atoms with Crippen molar-refractivity contribution in [2.75, 3.05) is 17.2 Å². The molecule has 2 heterocycles. The van der Waals surface area contributed by atoms with Crippen LogP contribution >= 0.6 is 11.6 Å². The van der Waals surface area contributed by atoms with Gasteiger partial charge in [-0.1, -0.05) is 29.8 Å². The van der Waals surface area contributed by atoms with E-state index in [1.165, 1.54) is 0 Å². The molecule has 2 aromatic heterocycles. The maximum Gasteiger partial charge on any atom is 0.262 e. The number of nitrogens with one attached hydrogen (secondary N) is 2. The highest BCUT2D eigenvalue weighted by Gasteiger charge is 2.09. The Morgan fingerprint density at radius 3 is 2.75 bits per heavy atom. The van der Waals surface area contributed by atoms with E-state index in [9.17, 15) is 4.79 Å². The predicted octanol–water partition coefficient (Wildman–Crippen LogP) is 5.26. The van der Waals surface area contributed by atoms with Gasteiger partial charge < -0.3 is 15.4 Å². The molecule has 160 valence electrons. The highest BCUT2D eigenvalue weighted by atomic mass is 35.5. The predicted molar refractivity (Wildman–Crippen MR) is 125 cm³/mol. The summed E-state index contributed by atoms with van der Waals surface area (Å²) in [5.41, 5.74) is 4.03. The Morgan fingerprint density at radius 2 is 1.94 bits per heavy atom. The van der Waals surface area contributed by atoms with Gasteiger partial charge in [0.1, 0.15) is 5.75 Å². The number of hydrogen-bond donors (Lipinski definition) is 2. The molecule has 0 bridgehead atoms. The lowest BCUT2D eigenvalue weighted by Gasteiger charge is -2.12. The Kier molecular flexibility index (Phi) is 6.57. The second-order valence-corrected chi connectivity index (χ2v) is 7.34. The SMILES string of the molecule is Cc1ccc(NC(=O)COc2ccccc2Cl)cc1Nc1nccc(-c2cccnc2)n1. The molecule has 0 saturated carbocycles. The number of hydrogen-bond acceptors (Lipinski definition) is 6. The number of nitrogens with zero attached hydrogens (tertiary/aromatic N) is 3. The molecular formula is C24H20ClN5O2. The lowest BCUT2D eigenvalue weighted by atomic mass is 10.1. The molecule has 2 aromatic carbocycles. The maximum atomic E-state index is 12.3. The van der Waals surface area contributed by atoms with Crippen LogP contribution in [0.15, 0.2) is 79.3 Å². The number of pyridine rings is 1. The van der Waals surface area contributed by atoms with E-state index in [-0.39, 0.29) is 12.5 Å². The molecule has 4 aromatic rings. The van der Waals surface area contributed by atoms with Crippen LogP contribution in [-0.2, 0) is 4.79 Å². The normalized spacial score (nSPS) is 10.4. The molecule has 2 N–H and O–H groups in total. The smallest absolute Gasteiger partial charge is 0.262 e. The van der Waals surface area contributed by atoms with Gasteiger partial charge in [0.15, 0.2) is 6.61 Å². The first-order chi connectivity index (χ1) is 15.6. The third-order valence-corrected chi connectivity index (χ3v) is 4.89. The minimum atomic E-state index is -0.297. The summed E-state index contributed by atoms with van der Waals surface area (Å²) in [6.45, 7) is 1.80. The molecule has 7 nitrogen and oxygen atoms in total. The van der Waals surface area contributed by atoms with Gasteiger partial charge >= 0.3 is 0 Å². The maximum absolute atomic E-state index is 12.3. The number of aromatic nitrogens is 3. The molecule has 0 fully saturated rings. The van der Waals surface area contributed by atoms with E-state index in [4.69, 9.17) is 16.3 Å². The number of para-hydroxylation sites is 1. The van der Waals surface area contributed by atoms with Gasteiger partial charge in [0.2, 0.25) is 5.95 Å². The molecule has 0 radical (unpaired) electrons. The number of benzene rings is 2. The Balaban J connectivity index is 1.44. The zero-order valence-corrected chi connectivity index (χ0v) is 18.0. The van der Waals surface area contributed by atoms with Crippen molar-refractivity contribution in [2.24, 2.45) is 0 Å². The van der Waals surface area contributed by atoms with Gasteiger partial charge in [-0.2, -0.15) is 0 Å². The molecule has 0 aliphatic carbocycles. The molecule has 8 heteroatoms. The van der Waals surface area contributed by atoms with E-state index in [0.717, 1.165) is 22.5 Å². The van der Waals surface area contributed by atoms with Crippen LogP contribution in [0.2, 0.25) is 5.02 Å². The minimum absolute atomic E-state index is 0.156. The number of carbonyl (C=O) groups is 1. The summed E-state index contributed by atoms with van der Waals surface area (Å²) in [6.07, 6.45) is 5.15. The Hall–Kier alpha value is -3.97. The molecule has 0 unspecified atom stereocenters. The van der Waals surface area contributed by atoms with Crippen molar-refractivity contribution >= 4 is 34.8 Å². The van der Waals surface area contributed by atoms with Gasteiger partial charge in [-0.15, -0.1) is 0 Å². The number of amides is 1. The lowest BCUT2D eigenvalue weighted by molar-refractivity contribution is -0.118. The highest BCUT2D eigenvalue weighted by molar-refractivity contribution is 6.32. The van der Waals surface area contributed by atoms with E-state index in [1.807, 2.05) is 43.3 Å². The van der Waals surface area contributed by atoms with Crippen molar-refractivity contribution in [3.05, 3.63) is 89.8 Å². The number of carbonyl (C=O) groups excluding carboxylic acids is 1. The first-order valence-electron chi connectivity index (χ1n) is 9.87. The van der Waals surface area contributed by atoms with Crippen LogP contribution in [0.1, 0.15) is 5.56 Å². The van der Waals surface area contributed by atoms with Crippen LogP contribution in [-0.4, -0.2) is 27.5 Å². The van der Waals surface area contributed by atoms with Gasteiger partial charge in [-0.25, -0.2) is 9.97 Å². The quantitative estimate of drug-likeness (QED) is 0.403. The third-order valence-electron chi connectivity index (χ3n) is 4.58. The van der Waals surface area contributed by atoms with Crippen molar-refractivity contribution in [1.29, 1.82) is 0 Å². The fourth-order valence-electron chi connectivity index (χ4n) is 2.95. The summed E-state index contributed by atoms with van der Waals surface area (Å²) in [4.78, 5) is 25.3. The average molecular weight is 446 g/mol. The van der Waals surface area contributed by atoms with Crippen LogP contribution in [0.3, 0.4) is 0 Å². The zero-order chi connectivity index (χ0) is 22.3. The van der Waals surface area contributed by atoms with Crippen molar-refractivity contribution in [2.45, 2.75) is 6.92 Å². The molecule has 32 heavy (non-hydrogen) atoms. The third kappa shape index (κ3) is 5.39. The van der Waals surface area contributed by atoms with Gasteiger partial charge in [-0.3, -0.25) is 9.78 Å². The van der Waals surface area contributed by atoms with E-state index < -0.39 is 0 Å². The summed E-state index contributed by atoms with van der Waals surface area (Å²) in [7, 11) is 0. The number of anilines is 3.